The molecule has 1 nitrogen and oxygen atoms in total. The standard InChI is InChI=1S/C13H18O/c1-10-4-3-5-12(8-10)13(14)7-6-11(2)9-13/h3-5,8,11,14H,6-7,9H2,1-2H3/t11-,13+/m0/s1. The topological polar surface area (TPSA) is 20.2 Å². The van der Waals surface area contributed by atoms with Gasteiger partial charge in [-0.1, -0.05) is 36.8 Å². The van der Waals surface area contributed by atoms with E-state index in [-0.39, 0.29) is 0 Å². The van der Waals surface area contributed by atoms with Gasteiger partial charge in [0.05, 0.1) is 5.60 Å². The van der Waals surface area contributed by atoms with Crippen LogP contribution in [0, 0.1) is 12.8 Å². The molecule has 1 aliphatic rings. The van der Waals surface area contributed by atoms with E-state index in [2.05, 4.69) is 26.0 Å². The van der Waals surface area contributed by atoms with E-state index >= 15 is 0 Å². The van der Waals surface area contributed by atoms with Crippen LogP contribution >= 0.6 is 0 Å². The van der Waals surface area contributed by atoms with Crippen molar-refractivity contribution in [2.24, 2.45) is 5.92 Å². The molecule has 0 radical (unpaired) electrons. The van der Waals surface area contributed by atoms with E-state index in [4.69, 9.17) is 0 Å². The molecule has 0 heterocycles. The molecule has 1 aliphatic carbocycles. The maximum atomic E-state index is 10.5. The zero-order valence-corrected chi connectivity index (χ0v) is 8.96. The number of hydrogen-bond donors (Lipinski definition) is 1. The van der Waals surface area contributed by atoms with Crippen molar-refractivity contribution in [3.8, 4) is 0 Å². The predicted octanol–water partition coefficient (Wildman–Crippen LogP) is 3.00. The van der Waals surface area contributed by atoms with E-state index in [0.29, 0.717) is 5.92 Å². The lowest BCUT2D eigenvalue weighted by Gasteiger charge is -2.23. The fourth-order valence-electron chi connectivity index (χ4n) is 2.46. The fraction of sp³-hybridized carbons (Fsp3) is 0.538. The lowest BCUT2D eigenvalue weighted by molar-refractivity contribution is 0.0407. The first kappa shape index (κ1) is 9.72. The first-order valence-corrected chi connectivity index (χ1v) is 5.40. The third-order valence-corrected chi connectivity index (χ3v) is 3.29. The van der Waals surface area contributed by atoms with Gasteiger partial charge in [0, 0.05) is 0 Å². The number of rotatable bonds is 1. The third-order valence-electron chi connectivity index (χ3n) is 3.29. The molecule has 1 fully saturated rings. The molecule has 0 saturated heterocycles. The van der Waals surface area contributed by atoms with Gasteiger partial charge >= 0.3 is 0 Å². The van der Waals surface area contributed by atoms with Gasteiger partial charge in [-0.2, -0.15) is 0 Å². The van der Waals surface area contributed by atoms with Crippen molar-refractivity contribution in [3.05, 3.63) is 35.4 Å². The number of hydrogen-bond acceptors (Lipinski definition) is 1. The molecule has 0 unspecified atom stereocenters. The summed E-state index contributed by atoms with van der Waals surface area (Å²) in [6.07, 6.45) is 2.97. The summed E-state index contributed by atoms with van der Waals surface area (Å²) in [4.78, 5) is 0. The Balaban J connectivity index is 2.30. The van der Waals surface area contributed by atoms with Crippen molar-refractivity contribution in [1.29, 1.82) is 0 Å². The molecule has 2 atom stereocenters. The highest BCUT2D eigenvalue weighted by Crippen LogP contribution is 2.41. The molecular formula is C13H18O. The lowest BCUT2D eigenvalue weighted by atomic mass is 9.90. The summed E-state index contributed by atoms with van der Waals surface area (Å²) < 4.78 is 0. The van der Waals surface area contributed by atoms with Crippen LogP contribution in [0.4, 0.5) is 0 Å². The SMILES string of the molecule is Cc1cccc([C@@]2(O)CC[C@H](C)C2)c1. The second-order valence-electron chi connectivity index (χ2n) is 4.75. The molecule has 1 aromatic rings. The summed E-state index contributed by atoms with van der Waals surface area (Å²) in [6, 6.07) is 8.26. The highest BCUT2D eigenvalue weighted by Gasteiger charge is 2.36. The van der Waals surface area contributed by atoms with Crippen molar-refractivity contribution in [1.82, 2.24) is 0 Å². The van der Waals surface area contributed by atoms with Crippen LogP contribution in [0.3, 0.4) is 0 Å². The van der Waals surface area contributed by atoms with Gasteiger partial charge in [0.2, 0.25) is 0 Å². The smallest absolute Gasteiger partial charge is 0.0899 e. The van der Waals surface area contributed by atoms with E-state index in [1.54, 1.807) is 0 Å². The van der Waals surface area contributed by atoms with Crippen LogP contribution in [0.25, 0.3) is 0 Å². The minimum absolute atomic E-state index is 0.550. The Morgan fingerprint density at radius 2 is 2.21 bits per heavy atom. The Bertz CT molecular complexity index is 332. The van der Waals surface area contributed by atoms with E-state index in [1.807, 2.05) is 12.1 Å². The van der Waals surface area contributed by atoms with Gasteiger partial charge in [0.15, 0.2) is 0 Å². The Hall–Kier alpha value is -0.820. The van der Waals surface area contributed by atoms with Crippen molar-refractivity contribution >= 4 is 0 Å². The first-order valence-electron chi connectivity index (χ1n) is 5.40. The van der Waals surface area contributed by atoms with Crippen molar-refractivity contribution < 1.29 is 5.11 Å². The zero-order chi connectivity index (χ0) is 10.2. The molecular weight excluding hydrogens is 172 g/mol. The van der Waals surface area contributed by atoms with Gasteiger partial charge in [-0.15, -0.1) is 0 Å². The Labute approximate surface area is 85.8 Å². The highest BCUT2D eigenvalue weighted by molar-refractivity contribution is 5.28. The van der Waals surface area contributed by atoms with Crippen molar-refractivity contribution in [3.63, 3.8) is 0 Å². The van der Waals surface area contributed by atoms with Crippen molar-refractivity contribution in [2.75, 3.05) is 0 Å². The molecule has 76 valence electrons. The molecule has 1 aromatic carbocycles. The van der Waals surface area contributed by atoms with Gasteiger partial charge in [-0.3, -0.25) is 0 Å². The number of aliphatic hydroxyl groups is 1. The maximum absolute atomic E-state index is 10.5. The third kappa shape index (κ3) is 1.69. The quantitative estimate of drug-likeness (QED) is 0.721. The normalized spacial score (nSPS) is 32.1. The van der Waals surface area contributed by atoms with Crippen LogP contribution in [0.15, 0.2) is 24.3 Å². The summed E-state index contributed by atoms with van der Waals surface area (Å²) in [6.45, 7) is 4.29. The predicted molar refractivity (Wildman–Crippen MR) is 58.1 cm³/mol. The Morgan fingerprint density at radius 3 is 2.79 bits per heavy atom. The Morgan fingerprint density at radius 1 is 1.43 bits per heavy atom. The van der Waals surface area contributed by atoms with Crippen LogP contribution in [0.1, 0.15) is 37.3 Å². The van der Waals surface area contributed by atoms with Crippen LogP contribution in [0.2, 0.25) is 0 Å². The number of benzene rings is 1. The summed E-state index contributed by atoms with van der Waals surface area (Å²) in [5.41, 5.74) is 1.78. The van der Waals surface area contributed by atoms with Gasteiger partial charge < -0.3 is 5.11 Å². The van der Waals surface area contributed by atoms with E-state index in [9.17, 15) is 5.11 Å². The first-order chi connectivity index (χ1) is 6.60. The average molecular weight is 190 g/mol. The largest absolute Gasteiger partial charge is 0.385 e. The monoisotopic (exact) mass is 190 g/mol. The van der Waals surface area contributed by atoms with Gasteiger partial charge in [0.1, 0.15) is 0 Å². The minimum atomic E-state index is -0.550. The van der Waals surface area contributed by atoms with Gasteiger partial charge in [-0.05, 0) is 37.7 Å². The molecule has 14 heavy (non-hydrogen) atoms. The summed E-state index contributed by atoms with van der Waals surface area (Å²) >= 11 is 0. The van der Waals surface area contributed by atoms with Crippen LogP contribution in [-0.4, -0.2) is 5.11 Å². The summed E-state index contributed by atoms with van der Waals surface area (Å²) in [7, 11) is 0. The summed E-state index contributed by atoms with van der Waals surface area (Å²) in [5.74, 6) is 0.653. The highest BCUT2D eigenvalue weighted by atomic mass is 16.3. The molecule has 0 aromatic heterocycles. The summed E-state index contributed by atoms with van der Waals surface area (Å²) in [5, 5.41) is 10.5. The van der Waals surface area contributed by atoms with Crippen LogP contribution in [-0.2, 0) is 5.60 Å². The van der Waals surface area contributed by atoms with E-state index in [0.717, 1.165) is 24.8 Å². The minimum Gasteiger partial charge on any atom is -0.385 e. The second-order valence-corrected chi connectivity index (χ2v) is 4.75. The van der Waals surface area contributed by atoms with E-state index < -0.39 is 5.60 Å². The van der Waals surface area contributed by atoms with Crippen LogP contribution in [0.5, 0.6) is 0 Å². The molecule has 1 saturated carbocycles. The average Bonchev–Trinajstić information content (AvgIpc) is 2.48. The molecule has 1 N–H and O–H groups in total. The van der Waals surface area contributed by atoms with Crippen molar-refractivity contribution in [2.45, 2.75) is 38.7 Å². The molecule has 1 heteroatoms. The maximum Gasteiger partial charge on any atom is 0.0899 e. The van der Waals surface area contributed by atoms with Gasteiger partial charge in [0.25, 0.3) is 0 Å². The zero-order valence-electron chi connectivity index (χ0n) is 8.96. The number of aryl methyl sites for hydroxylation is 1. The van der Waals surface area contributed by atoms with E-state index in [1.165, 1.54) is 5.56 Å². The molecule has 0 spiro atoms. The molecule has 2 rings (SSSR count). The van der Waals surface area contributed by atoms with Crippen LogP contribution < -0.4 is 0 Å². The van der Waals surface area contributed by atoms with Gasteiger partial charge in [-0.25, -0.2) is 0 Å². The Kier molecular flexibility index (Phi) is 2.36. The molecule has 0 bridgehead atoms. The fourth-order valence-corrected chi connectivity index (χ4v) is 2.46. The molecule has 0 aliphatic heterocycles. The lowest BCUT2D eigenvalue weighted by Crippen LogP contribution is -2.21. The second kappa shape index (κ2) is 3.39. The molecule has 0 amide bonds.